The molecule has 0 spiro atoms. The quantitative estimate of drug-likeness (QED) is 0.135. The molecule has 256 valence electrons. The zero-order valence-corrected chi connectivity index (χ0v) is 28.3. The van der Waals surface area contributed by atoms with Crippen molar-refractivity contribution in [1.29, 1.82) is 0 Å². The van der Waals surface area contributed by atoms with E-state index >= 15 is 0 Å². The highest BCUT2D eigenvalue weighted by molar-refractivity contribution is 5.32. The summed E-state index contributed by atoms with van der Waals surface area (Å²) in [5.74, 6) is 3.29. The van der Waals surface area contributed by atoms with Gasteiger partial charge in [-0.15, -0.1) is 0 Å². The van der Waals surface area contributed by atoms with Crippen LogP contribution < -0.4 is 9.47 Å². The molecule has 2 aromatic rings. The van der Waals surface area contributed by atoms with E-state index in [4.69, 9.17) is 28.4 Å². The summed E-state index contributed by atoms with van der Waals surface area (Å²) < 4.78 is 35.0. The van der Waals surface area contributed by atoms with Crippen molar-refractivity contribution in [2.24, 2.45) is 0 Å². The van der Waals surface area contributed by atoms with E-state index < -0.39 is 0 Å². The van der Waals surface area contributed by atoms with Crippen molar-refractivity contribution in [3.63, 3.8) is 0 Å². The highest BCUT2D eigenvalue weighted by Gasteiger charge is 2.23. The minimum Gasteiger partial charge on any atom is -0.494 e. The molecule has 2 aromatic carbocycles. The second kappa shape index (κ2) is 21.0. The van der Waals surface area contributed by atoms with Crippen molar-refractivity contribution in [1.82, 2.24) is 0 Å². The van der Waals surface area contributed by atoms with Gasteiger partial charge < -0.3 is 28.4 Å². The summed E-state index contributed by atoms with van der Waals surface area (Å²) in [5, 5.41) is 0. The number of hydrogen-bond donors (Lipinski definition) is 0. The number of benzene rings is 2. The fourth-order valence-electron chi connectivity index (χ4n) is 7.04. The fourth-order valence-corrected chi connectivity index (χ4v) is 7.04. The third-order valence-corrected chi connectivity index (χ3v) is 9.93. The molecule has 6 heteroatoms. The number of rotatable bonds is 20. The van der Waals surface area contributed by atoms with Gasteiger partial charge in [0.2, 0.25) is 0 Å². The number of ether oxygens (including phenoxy) is 6. The Labute approximate surface area is 278 Å². The topological polar surface area (TPSA) is 55.4 Å². The molecule has 1 saturated carbocycles. The van der Waals surface area contributed by atoms with Crippen molar-refractivity contribution in [2.45, 2.75) is 140 Å². The van der Waals surface area contributed by atoms with Gasteiger partial charge in [-0.25, -0.2) is 0 Å². The van der Waals surface area contributed by atoms with Crippen LogP contribution in [0.2, 0.25) is 0 Å². The Balaban J connectivity index is 0.876. The first kappa shape index (κ1) is 35.2. The van der Waals surface area contributed by atoms with Crippen LogP contribution in [0.5, 0.6) is 11.5 Å². The SMILES string of the molecule is c1cc([C@H]2CC[C@H](c3ccc(OCCCCCCOC4CCCCO4)cc3)CC2)ccc1OCCCCCCOC1CCCCO1. The maximum absolute atomic E-state index is 6.03. The van der Waals surface area contributed by atoms with Crippen LogP contribution in [0.3, 0.4) is 0 Å². The van der Waals surface area contributed by atoms with Crippen LogP contribution in [0.1, 0.15) is 139 Å². The summed E-state index contributed by atoms with van der Waals surface area (Å²) in [5.41, 5.74) is 2.92. The summed E-state index contributed by atoms with van der Waals surface area (Å²) in [6.45, 7) is 4.90. The Kier molecular flexibility index (Phi) is 16.0. The van der Waals surface area contributed by atoms with Crippen LogP contribution in [-0.4, -0.2) is 52.2 Å². The van der Waals surface area contributed by atoms with Gasteiger partial charge in [0.15, 0.2) is 12.6 Å². The Morgan fingerprint density at radius 1 is 0.435 bits per heavy atom. The zero-order chi connectivity index (χ0) is 31.5. The second-order valence-electron chi connectivity index (χ2n) is 13.5. The first-order valence-corrected chi connectivity index (χ1v) is 18.8. The predicted molar refractivity (Wildman–Crippen MR) is 184 cm³/mol. The van der Waals surface area contributed by atoms with Crippen molar-refractivity contribution in [2.75, 3.05) is 39.6 Å². The van der Waals surface area contributed by atoms with Gasteiger partial charge in [0.1, 0.15) is 11.5 Å². The van der Waals surface area contributed by atoms with Crippen molar-refractivity contribution in [3.8, 4) is 11.5 Å². The zero-order valence-electron chi connectivity index (χ0n) is 28.3. The van der Waals surface area contributed by atoms with Crippen molar-refractivity contribution in [3.05, 3.63) is 59.7 Å². The highest BCUT2D eigenvalue weighted by Crippen LogP contribution is 2.41. The number of hydrogen-bond acceptors (Lipinski definition) is 6. The molecule has 0 bridgehead atoms. The molecule has 1 aliphatic carbocycles. The largest absolute Gasteiger partial charge is 0.494 e. The molecule has 6 nitrogen and oxygen atoms in total. The summed E-state index contributed by atoms with van der Waals surface area (Å²) in [4.78, 5) is 0. The summed E-state index contributed by atoms with van der Waals surface area (Å²) >= 11 is 0. The summed E-state index contributed by atoms with van der Waals surface area (Å²) in [6.07, 6.45) is 21.1. The maximum Gasteiger partial charge on any atom is 0.157 e. The lowest BCUT2D eigenvalue weighted by Crippen LogP contribution is -2.22. The van der Waals surface area contributed by atoms with Gasteiger partial charge >= 0.3 is 0 Å². The fraction of sp³-hybridized carbons (Fsp3) is 0.700. The predicted octanol–water partition coefficient (Wildman–Crippen LogP) is 10.1. The lowest BCUT2D eigenvalue weighted by atomic mass is 9.76. The first-order chi connectivity index (χ1) is 22.8. The van der Waals surface area contributed by atoms with E-state index in [0.29, 0.717) is 11.8 Å². The summed E-state index contributed by atoms with van der Waals surface area (Å²) in [7, 11) is 0. The van der Waals surface area contributed by atoms with E-state index in [-0.39, 0.29) is 12.6 Å². The minimum atomic E-state index is 0.0392. The molecule has 0 aromatic heterocycles. The molecule has 2 atom stereocenters. The molecule has 2 heterocycles. The number of unbranched alkanes of at least 4 members (excludes halogenated alkanes) is 6. The lowest BCUT2D eigenvalue weighted by Gasteiger charge is -2.29. The van der Waals surface area contributed by atoms with E-state index in [0.717, 1.165) is 89.7 Å². The molecule has 0 radical (unpaired) electrons. The van der Waals surface area contributed by atoms with Gasteiger partial charge in [-0.1, -0.05) is 37.1 Å². The standard InChI is InChI=1S/C40H60O6/c1(3-9-29-43-39-13-5-11-31-45-39)7-27-41-37-23-19-35(20-24-37)33-15-17-34(18-16-33)36-21-25-38(26-22-36)42-28-8-2-4-10-30-44-40-14-6-12-32-46-40/h19-26,33-34,39-40H,1-18,27-32H2/t33-,34-,39?,40?. The molecule has 2 saturated heterocycles. The third kappa shape index (κ3) is 12.8. The Bertz CT molecular complexity index is 951. The van der Waals surface area contributed by atoms with E-state index in [1.165, 1.54) is 88.2 Å². The Morgan fingerprint density at radius 3 is 1.20 bits per heavy atom. The van der Waals surface area contributed by atoms with Gasteiger partial charge in [0, 0.05) is 26.4 Å². The van der Waals surface area contributed by atoms with Crippen LogP contribution in [-0.2, 0) is 18.9 Å². The molecular weight excluding hydrogens is 576 g/mol. The lowest BCUT2D eigenvalue weighted by molar-refractivity contribution is -0.163. The van der Waals surface area contributed by atoms with Crippen LogP contribution in [0, 0.1) is 0 Å². The molecule has 0 amide bonds. The Morgan fingerprint density at radius 2 is 0.826 bits per heavy atom. The van der Waals surface area contributed by atoms with Gasteiger partial charge in [-0.3, -0.25) is 0 Å². The maximum atomic E-state index is 6.03. The minimum absolute atomic E-state index is 0.0392. The average Bonchev–Trinajstić information content (AvgIpc) is 3.12. The molecule has 2 unspecified atom stereocenters. The van der Waals surface area contributed by atoms with E-state index in [2.05, 4.69) is 48.5 Å². The van der Waals surface area contributed by atoms with E-state index in [1.54, 1.807) is 0 Å². The van der Waals surface area contributed by atoms with Crippen molar-refractivity contribution < 1.29 is 28.4 Å². The van der Waals surface area contributed by atoms with Gasteiger partial charge in [-0.2, -0.15) is 0 Å². The molecule has 0 N–H and O–H groups in total. The normalized spacial score (nSPS) is 23.7. The molecule has 3 aliphatic rings. The molecular formula is C40H60O6. The monoisotopic (exact) mass is 636 g/mol. The van der Waals surface area contributed by atoms with Crippen LogP contribution in [0.25, 0.3) is 0 Å². The molecule has 3 fully saturated rings. The van der Waals surface area contributed by atoms with Gasteiger partial charge in [0.05, 0.1) is 13.2 Å². The van der Waals surface area contributed by atoms with Gasteiger partial charge in [-0.05, 0) is 150 Å². The van der Waals surface area contributed by atoms with Crippen LogP contribution in [0.4, 0.5) is 0 Å². The molecule has 2 aliphatic heterocycles. The van der Waals surface area contributed by atoms with Crippen molar-refractivity contribution >= 4 is 0 Å². The second-order valence-corrected chi connectivity index (χ2v) is 13.5. The van der Waals surface area contributed by atoms with E-state index in [1.807, 2.05) is 0 Å². The highest BCUT2D eigenvalue weighted by atomic mass is 16.7. The molecule has 5 rings (SSSR count). The smallest absolute Gasteiger partial charge is 0.157 e. The Hall–Kier alpha value is -2.12. The third-order valence-electron chi connectivity index (χ3n) is 9.93. The summed E-state index contributed by atoms with van der Waals surface area (Å²) in [6, 6.07) is 17.8. The average molecular weight is 637 g/mol. The van der Waals surface area contributed by atoms with E-state index in [9.17, 15) is 0 Å². The first-order valence-electron chi connectivity index (χ1n) is 18.8. The van der Waals surface area contributed by atoms with Crippen LogP contribution in [0.15, 0.2) is 48.5 Å². The van der Waals surface area contributed by atoms with Gasteiger partial charge in [0.25, 0.3) is 0 Å². The van der Waals surface area contributed by atoms with Crippen LogP contribution >= 0.6 is 0 Å². The molecule has 46 heavy (non-hydrogen) atoms.